The Morgan fingerprint density at radius 3 is 2.90 bits per heavy atom. The van der Waals surface area contributed by atoms with Crippen LogP contribution in [0.25, 0.3) is 0 Å². The van der Waals surface area contributed by atoms with Gasteiger partial charge in [0.1, 0.15) is 0 Å². The summed E-state index contributed by atoms with van der Waals surface area (Å²) in [5.41, 5.74) is 2.48. The number of carbonyl (C=O) groups excluding carboxylic acids is 1. The summed E-state index contributed by atoms with van der Waals surface area (Å²) in [4.78, 5) is 12.6. The lowest BCUT2D eigenvalue weighted by molar-refractivity contribution is -0.123. The van der Waals surface area contributed by atoms with Gasteiger partial charge in [-0.25, -0.2) is 0 Å². The molecule has 4 atom stereocenters. The van der Waals surface area contributed by atoms with Crippen LogP contribution in [-0.2, 0) is 11.3 Å². The van der Waals surface area contributed by atoms with E-state index in [1.54, 1.807) is 0 Å². The molecule has 106 valence electrons. The molecule has 1 aromatic carbocycles. The molecule has 2 aliphatic carbocycles. The number of hydrogen-bond donors (Lipinski definition) is 2. The van der Waals surface area contributed by atoms with Crippen LogP contribution in [0.3, 0.4) is 0 Å². The van der Waals surface area contributed by atoms with E-state index < -0.39 is 0 Å². The second-order valence-corrected chi connectivity index (χ2v) is 6.67. The van der Waals surface area contributed by atoms with Gasteiger partial charge in [-0.15, -0.1) is 0 Å². The van der Waals surface area contributed by atoms with Crippen molar-refractivity contribution in [3.8, 4) is 0 Å². The van der Waals surface area contributed by atoms with Gasteiger partial charge in [-0.2, -0.15) is 0 Å². The normalized spacial score (nSPS) is 34.8. The van der Waals surface area contributed by atoms with Crippen LogP contribution in [-0.4, -0.2) is 18.5 Å². The summed E-state index contributed by atoms with van der Waals surface area (Å²) in [6, 6.07) is 8.77. The number of rotatable bonds is 2. The molecule has 0 aromatic heterocycles. The quantitative estimate of drug-likeness (QED) is 0.865. The minimum atomic E-state index is -0.0147. The molecule has 1 heterocycles. The molecule has 0 spiro atoms. The number of benzene rings is 1. The monoisotopic (exact) mass is 270 g/mol. The van der Waals surface area contributed by atoms with Crippen LogP contribution in [0, 0.1) is 11.8 Å². The predicted molar refractivity (Wildman–Crippen MR) is 78.3 cm³/mol. The SMILES string of the molecule is O=C(NC1CC2CCC1C2)C1CNCc2ccccc21. The number of nitrogens with one attached hydrogen (secondary N) is 2. The molecule has 4 rings (SSSR count). The fourth-order valence-electron chi connectivity index (χ4n) is 4.44. The Hall–Kier alpha value is -1.35. The highest BCUT2D eigenvalue weighted by Gasteiger charge is 2.41. The van der Waals surface area contributed by atoms with Gasteiger partial charge in [0.05, 0.1) is 5.92 Å². The molecule has 3 heteroatoms. The molecule has 1 aliphatic heterocycles. The van der Waals surface area contributed by atoms with E-state index in [0.717, 1.165) is 24.9 Å². The third kappa shape index (κ3) is 2.05. The van der Waals surface area contributed by atoms with Crippen LogP contribution < -0.4 is 10.6 Å². The maximum atomic E-state index is 12.6. The first kappa shape index (κ1) is 12.4. The van der Waals surface area contributed by atoms with E-state index in [-0.39, 0.29) is 11.8 Å². The average molecular weight is 270 g/mol. The minimum Gasteiger partial charge on any atom is -0.353 e. The molecule has 0 radical (unpaired) electrons. The Kier molecular flexibility index (Phi) is 3.03. The fourth-order valence-corrected chi connectivity index (χ4v) is 4.44. The smallest absolute Gasteiger partial charge is 0.229 e. The zero-order valence-electron chi connectivity index (χ0n) is 11.8. The number of hydrogen-bond acceptors (Lipinski definition) is 2. The van der Waals surface area contributed by atoms with E-state index in [1.165, 1.54) is 36.8 Å². The van der Waals surface area contributed by atoms with Crippen LogP contribution in [0.5, 0.6) is 0 Å². The molecule has 2 saturated carbocycles. The van der Waals surface area contributed by atoms with Crippen LogP contribution in [0.4, 0.5) is 0 Å². The van der Waals surface area contributed by atoms with Gasteiger partial charge in [0, 0.05) is 19.1 Å². The standard InChI is InChI=1S/C17H22N2O/c20-17(19-16-8-11-5-6-12(16)7-11)15-10-18-9-13-3-1-2-4-14(13)15/h1-4,11-12,15-16,18H,5-10H2,(H,19,20). The molecule has 1 amide bonds. The Labute approximate surface area is 120 Å². The minimum absolute atomic E-state index is 0.0147. The van der Waals surface area contributed by atoms with Crippen molar-refractivity contribution < 1.29 is 4.79 Å². The highest BCUT2D eigenvalue weighted by atomic mass is 16.2. The summed E-state index contributed by atoms with van der Waals surface area (Å²) in [5, 5.41) is 6.71. The first-order valence-electron chi connectivity index (χ1n) is 7.90. The predicted octanol–water partition coefficient (Wildman–Crippen LogP) is 2.18. The molecule has 3 nitrogen and oxygen atoms in total. The van der Waals surface area contributed by atoms with Gasteiger partial charge >= 0.3 is 0 Å². The van der Waals surface area contributed by atoms with Gasteiger partial charge in [-0.1, -0.05) is 30.7 Å². The Morgan fingerprint density at radius 1 is 1.20 bits per heavy atom. The van der Waals surface area contributed by atoms with Crippen molar-refractivity contribution in [2.24, 2.45) is 11.8 Å². The van der Waals surface area contributed by atoms with Gasteiger partial charge in [0.2, 0.25) is 5.91 Å². The van der Waals surface area contributed by atoms with Crippen molar-refractivity contribution in [1.29, 1.82) is 0 Å². The van der Waals surface area contributed by atoms with Crippen LogP contribution in [0.15, 0.2) is 24.3 Å². The van der Waals surface area contributed by atoms with E-state index in [9.17, 15) is 4.79 Å². The molecule has 4 unspecified atom stereocenters. The summed E-state index contributed by atoms with van der Waals surface area (Å²) in [6.07, 6.45) is 5.24. The Morgan fingerprint density at radius 2 is 2.10 bits per heavy atom. The highest BCUT2D eigenvalue weighted by molar-refractivity contribution is 5.85. The van der Waals surface area contributed by atoms with E-state index in [4.69, 9.17) is 0 Å². The highest BCUT2D eigenvalue weighted by Crippen LogP contribution is 2.44. The second kappa shape index (κ2) is 4.88. The molecule has 1 aromatic rings. The molecule has 2 bridgehead atoms. The van der Waals surface area contributed by atoms with Crippen molar-refractivity contribution in [2.45, 2.75) is 44.2 Å². The zero-order valence-corrected chi connectivity index (χ0v) is 11.8. The largest absolute Gasteiger partial charge is 0.353 e. The van der Waals surface area contributed by atoms with E-state index in [2.05, 4.69) is 28.8 Å². The van der Waals surface area contributed by atoms with Crippen molar-refractivity contribution in [3.63, 3.8) is 0 Å². The van der Waals surface area contributed by atoms with E-state index in [0.29, 0.717) is 6.04 Å². The second-order valence-electron chi connectivity index (χ2n) is 6.67. The number of carbonyl (C=O) groups is 1. The maximum Gasteiger partial charge on any atom is 0.229 e. The zero-order chi connectivity index (χ0) is 13.5. The van der Waals surface area contributed by atoms with Crippen molar-refractivity contribution in [2.75, 3.05) is 6.54 Å². The molecule has 2 N–H and O–H groups in total. The van der Waals surface area contributed by atoms with E-state index >= 15 is 0 Å². The fraction of sp³-hybridized carbons (Fsp3) is 0.588. The topological polar surface area (TPSA) is 41.1 Å². The summed E-state index contributed by atoms with van der Waals surface area (Å²) < 4.78 is 0. The van der Waals surface area contributed by atoms with Gasteiger partial charge < -0.3 is 10.6 Å². The average Bonchev–Trinajstić information content (AvgIpc) is 3.09. The third-order valence-electron chi connectivity index (χ3n) is 5.48. The Balaban J connectivity index is 1.49. The first-order valence-corrected chi connectivity index (χ1v) is 7.90. The third-order valence-corrected chi connectivity index (χ3v) is 5.48. The number of amides is 1. The summed E-state index contributed by atoms with van der Waals surface area (Å²) in [5.74, 6) is 1.83. The van der Waals surface area contributed by atoms with Crippen LogP contribution in [0.1, 0.15) is 42.7 Å². The molecular formula is C17H22N2O. The van der Waals surface area contributed by atoms with Gasteiger partial charge in [-0.3, -0.25) is 4.79 Å². The summed E-state index contributed by atoms with van der Waals surface area (Å²) in [7, 11) is 0. The van der Waals surface area contributed by atoms with Crippen LogP contribution in [0.2, 0.25) is 0 Å². The molecule has 20 heavy (non-hydrogen) atoms. The molecular weight excluding hydrogens is 248 g/mol. The lowest BCUT2D eigenvalue weighted by Crippen LogP contribution is -2.44. The summed E-state index contributed by atoms with van der Waals surface area (Å²) >= 11 is 0. The lowest BCUT2D eigenvalue weighted by Gasteiger charge is -2.29. The molecule has 2 fully saturated rings. The van der Waals surface area contributed by atoms with Crippen molar-refractivity contribution in [3.05, 3.63) is 35.4 Å². The maximum absolute atomic E-state index is 12.6. The van der Waals surface area contributed by atoms with Crippen molar-refractivity contribution in [1.82, 2.24) is 10.6 Å². The molecule has 0 saturated heterocycles. The Bertz CT molecular complexity index is 527. The summed E-state index contributed by atoms with van der Waals surface area (Å²) in [6.45, 7) is 1.65. The van der Waals surface area contributed by atoms with Crippen molar-refractivity contribution >= 4 is 5.91 Å². The first-order chi connectivity index (χ1) is 9.81. The molecule has 3 aliphatic rings. The van der Waals surface area contributed by atoms with Gasteiger partial charge in [-0.05, 0) is 42.2 Å². The van der Waals surface area contributed by atoms with Gasteiger partial charge in [0.15, 0.2) is 0 Å². The number of fused-ring (bicyclic) bond motifs is 3. The lowest BCUT2D eigenvalue weighted by atomic mass is 9.89. The van der Waals surface area contributed by atoms with Gasteiger partial charge in [0.25, 0.3) is 0 Å². The van der Waals surface area contributed by atoms with E-state index in [1.807, 2.05) is 6.07 Å². The van der Waals surface area contributed by atoms with Crippen LogP contribution >= 0.6 is 0 Å².